The lowest BCUT2D eigenvalue weighted by molar-refractivity contribution is -0.136. The van der Waals surface area contributed by atoms with Crippen molar-refractivity contribution in [2.75, 3.05) is 26.9 Å². The molecule has 0 saturated carbocycles. The van der Waals surface area contributed by atoms with Gasteiger partial charge < -0.3 is 14.4 Å². The van der Waals surface area contributed by atoms with E-state index < -0.39 is 0 Å². The third kappa shape index (κ3) is 2.85. The van der Waals surface area contributed by atoms with E-state index in [1.54, 1.807) is 7.11 Å². The summed E-state index contributed by atoms with van der Waals surface area (Å²) < 4.78 is 11.2. The third-order valence-corrected chi connectivity index (χ3v) is 4.49. The maximum atomic E-state index is 12.7. The molecule has 5 heteroatoms. The maximum Gasteiger partial charge on any atom is 0.241 e. The molecule has 0 aromatic rings. The van der Waals surface area contributed by atoms with E-state index in [1.165, 1.54) is 0 Å². The van der Waals surface area contributed by atoms with E-state index in [-0.39, 0.29) is 23.7 Å². The number of hydrogen-bond acceptors (Lipinski definition) is 4. The van der Waals surface area contributed by atoms with Crippen LogP contribution in [0.4, 0.5) is 0 Å². The minimum Gasteiger partial charge on any atom is -0.378 e. The van der Waals surface area contributed by atoms with Crippen molar-refractivity contribution in [1.29, 1.82) is 0 Å². The van der Waals surface area contributed by atoms with Gasteiger partial charge in [-0.05, 0) is 11.8 Å². The normalized spacial score (nSPS) is 34.8. The average molecular weight is 284 g/mol. The Kier molecular flexibility index (Phi) is 4.72. The Morgan fingerprint density at radius 1 is 1.40 bits per heavy atom. The molecule has 0 aromatic carbocycles. The number of hydrogen-bond donors (Lipinski definition) is 1. The van der Waals surface area contributed by atoms with Crippen molar-refractivity contribution in [2.24, 2.45) is 11.8 Å². The lowest BCUT2D eigenvalue weighted by Crippen LogP contribution is -2.51. The van der Waals surface area contributed by atoms with Gasteiger partial charge in [0.15, 0.2) is 0 Å². The van der Waals surface area contributed by atoms with Crippen LogP contribution in [0, 0.1) is 11.8 Å². The number of ether oxygens (including phenoxy) is 2. The van der Waals surface area contributed by atoms with Crippen LogP contribution in [0.2, 0.25) is 0 Å². The minimum atomic E-state index is -0.337. The van der Waals surface area contributed by atoms with Crippen LogP contribution in [0.3, 0.4) is 0 Å². The number of carbonyl (C=O) groups excluding carboxylic acids is 1. The number of amides is 1. The van der Waals surface area contributed by atoms with Gasteiger partial charge in [-0.2, -0.15) is 0 Å². The van der Waals surface area contributed by atoms with Gasteiger partial charge in [0.2, 0.25) is 5.91 Å². The van der Waals surface area contributed by atoms with Crippen molar-refractivity contribution in [3.05, 3.63) is 0 Å². The first-order chi connectivity index (χ1) is 9.40. The van der Waals surface area contributed by atoms with Crippen molar-refractivity contribution in [2.45, 2.75) is 51.9 Å². The Labute approximate surface area is 122 Å². The van der Waals surface area contributed by atoms with Crippen LogP contribution in [-0.2, 0) is 14.3 Å². The fourth-order valence-corrected chi connectivity index (χ4v) is 3.12. The lowest BCUT2D eigenvalue weighted by atomic mass is 10.0. The quantitative estimate of drug-likeness (QED) is 0.825. The Hall–Kier alpha value is -0.650. The first-order valence-corrected chi connectivity index (χ1v) is 7.59. The van der Waals surface area contributed by atoms with E-state index >= 15 is 0 Å². The third-order valence-electron chi connectivity index (χ3n) is 4.49. The van der Waals surface area contributed by atoms with Crippen LogP contribution in [0.25, 0.3) is 0 Å². The molecule has 2 aliphatic heterocycles. The summed E-state index contributed by atoms with van der Waals surface area (Å²) in [6.07, 6.45) is 0.937. The van der Waals surface area contributed by atoms with Crippen molar-refractivity contribution in [3.63, 3.8) is 0 Å². The molecule has 0 spiro atoms. The molecule has 2 saturated heterocycles. The minimum absolute atomic E-state index is 0.0846. The zero-order valence-corrected chi connectivity index (χ0v) is 13.3. The van der Waals surface area contributed by atoms with Gasteiger partial charge in [-0.1, -0.05) is 27.7 Å². The standard InChI is InChI=1S/C15H28N2O3/c1-10(2)12-14(18)17(13(16-12)11(3)4)8-15(19-5)6-7-20-9-15/h10-13,16H,6-9H2,1-5H3. The first-order valence-electron chi connectivity index (χ1n) is 7.59. The van der Waals surface area contributed by atoms with Crippen LogP contribution in [0.15, 0.2) is 0 Å². The molecule has 1 amide bonds. The molecular formula is C15H28N2O3. The summed E-state index contributed by atoms with van der Waals surface area (Å²) in [5.41, 5.74) is -0.337. The molecule has 5 nitrogen and oxygen atoms in total. The van der Waals surface area contributed by atoms with Crippen molar-refractivity contribution >= 4 is 5.91 Å². The molecule has 0 aliphatic carbocycles. The topological polar surface area (TPSA) is 50.8 Å². The van der Waals surface area contributed by atoms with Gasteiger partial charge in [-0.25, -0.2) is 0 Å². The van der Waals surface area contributed by atoms with Crippen LogP contribution in [-0.4, -0.2) is 55.5 Å². The van der Waals surface area contributed by atoms with Crippen LogP contribution in [0.1, 0.15) is 34.1 Å². The fourth-order valence-electron chi connectivity index (χ4n) is 3.12. The van der Waals surface area contributed by atoms with Gasteiger partial charge in [-0.15, -0.1) is 0 Å². The summed E-state index contributed by atoms with van der Waals surface area (Å²) in [7, 11) is 1.72. The van der Waals surface area contributed by atoms with Crippen molar-refractivity contribution < 1.29 is 14.3 Å². The zero-order valence-electron chi connectivity index (χ0n) is 13.3. The second-order valence-corrected chi connectivity index (χ2v) is 6.73. The molecule has 2 fully saturated rings. The smallest absolute Gasteiger partial charge is 0.241 e. The van der Waals surface area contributed by atoms with Crippen molar-refractivity contribution in [1.82, 2.24) is 10.2 Å². The summed E-state index contributed by atoms with van der Waals surface area (Å²) in [6.45, 7) is 10.4. The molecular weight excluding hydrogens is 256 g/mol. The van der Waals surface area contributed by atoms with E-state index in [4.69, 9.17) is 9.47 Å². The second-order valence-electron chi connectivity index (χ2n) is 6.73. The second kappa shape index (κ2) is 6.00. The molecule has 116 valence electrons. The SMILES string of the molecule is COC1(CN2C(=O)C(C(C)C)NC2C(C)C)CCOC1. The first kappa shape index (κ1) is 15.7. The van der Waals surface area contributed by atoms with Gasteiger partial charge in [0.1, 0.15) is 5.60 Å². The van der Waals surface area contributed by atoms with Crippen molar-refractivity contribution in [3.8, 4) is 0 Å². The largest absolute Gasteiger partial charge is 0.378 e. The monoisotopic (exact) mass is 284 g/mol. The number of nitrogens with one attached hydrogen (secondary N) is 1. The fraction of sp³-hybridized carbons (Fsp3) is 0.933. The lowest BCUT2D eigenvalue weighted by Gasteiger charge is -2.35. The molecule has 0 bridgehead atoms. The Balaban J connectivity index is 2.16. The number of rotatable bonds is 5. The number of nitrogens with zero attached hydrogens (tertiary/aromatic N) is 1. The van der Waals surface area contributed by atoms with E-state index in [0.717, 1.165) is 6.42 Å². The van der Waals surface area contributed by atoms with Gasteiger partial charge in [-0.3, -0.25) is 10.1 Å². The predicted molar refractivity (Wildman–Crippen MR) is 77.3 cm³/mol. The Morgan fingerprint density at radius 2 is 2.10 bits per heavy atom. The molecule has 3 atom stereocenters. The van der Waals surface area contributed by atoms with E-state index in [2.05, 4.69) is 33.0 Å². The van der Waals surface area contributed by atoms with Gasteiger partial charge in [0.25, 0.3) is 0 Å². The number of methoxy groups -OCH3 is 1. The van der Waals surface area contributed by atoms with Gasteiger partial charge >= 0.3 is 0 Å². The molecule has 2 heterocycles. The summed E-state index contributed by atoms with van der Waals surface area (Å²) >= 11 is 0. The Bertz CT molecular complexity index is 351. The molecule has 20 heavy (non-hydrogen) atoms. The zero-order chi connectivity index (χ0) is 14.9. The Morgan fingerprint density at radius 3 is 2.55 bits per heavy atom. The summed E-state index contributed by atoms with van der Waals surface area (Å²) in [5.74, 6) is 0.869. The highest BCUT2D eigenvalue weighted by atomic mass is 16.5. The summed E-state index contributed by atoms with van der Waals surface area (Å²) in [4.78, 5) is 14.6. The van der Waals surface area contributed by atoms with Gasteiger partial charge in [0, 0.05) is 20.1 Å². The predicted octanol–water partition coefficient (Wildman–Crippen LogP) is 1.23. The molecule has 0 aromatic heterocycles. The van der Waals surface area contributed by atoms with E-state index in [0.29, 0.717) is 31.6 Å². The molecule has 2 rings (SSSR count). The highest BCUT2D eigenvalue weighted by molar-refractivity contribution is 5.84. The molecule has 2 aliphatic rings. The van der Waals surface area contributed by atoms with Crippen LogP contribution >= 0.6 is 0 Å². The van der Waals surface area contributed by atoms with E-state index in [1.807, 2.05) is 4.90 Å². The molecule has 1 N–H and O–H groups in total. The van der Waals surface area contributed by atoms with Gasteiger partial charge in [0.05, 0.1) is 25.4 Å². The summed E-state index contributed by atoms with van der Waals surface area (Å²) in [6, 6.07) is -0.0846. The molecule has 0 radical (unpaired) electrons. The maximum absolute atomic E-state index is 12.7. The molecule has 3 unspecified atom stereocenters. The number of carbonyl (C=O) groups is 1. The van der Waals surface area contributed by atoms with Crippen LogP contribution in [0.5, 0.6) is 0 Å². The highest BCUT2D eigenvalue weighted by Crippen LogP contribution is 2.29. The van der Waals surface area contributed by atoms with E-state index in [9.17, 15) is 4.79 Å². The average Bonchev–Trinajstić information content (AvgIpc) is 2.97. The van der Waals surface area contributed by atoms with Crippen LogP contribution < -0.4 is 5.32 Å². The summed E-state index contributed by atoms with van der Waals surface area (Å²) in [5, 5.41) is 3.48. The highest BCUT2D eigenvalue weighted by Gasteiger charge is 2.46.